The predicted molar refractivity (Wildman–Crippen MR) is 170 cm³/mol. The summed E-state index contributed by atoms with van der Waals surface area (Å²) in [5.74, 6) is -19.7. The Morgan fingerprint density at radius 1 is 0.870 bits per heavy atom. The smallest absolute Gasteiger partial charge is 0.339 e. The van der Waals surface area contributed by atoms with Crippen molar-refractivity contribution >= 4 is 23.5 Å². The van der Waals surface area contributed by atoms with Crippen molar-refractivity contribution in [1.82, 2.24) is 0 Å². The first-order valence-electron chi connectivity index (χ1n) is 16.1. The second-order valence-corrected chi connectivity index (χ2v) is 12.9. The third-order valence-corrected chi connectivity index (χ3v) is 9.54. The third kappa shape index (κ3) is 5.70. The number of fused-ring (bicyclic) bond motifs is 2. The van der Waals surface area contributed by atoms with Crippen molar-refractivity contribution in [2.75, 3.05) is 6.61 Å². The van der Waals surface area contributed by atoms with E-state index in [1.54, 1.807) is 12.1 Å². The van der Waals surface area contributed by atoms with E-state index in [0.717, 1.165) is 12.1 Å². The van der Waals surface area contributed by atoms with Gasteiger partial charge in [-0.25, -0.2) is 9.59 Å². The molecule has 0 spiro atoms. The van der Waals surface area contributed by atoms with Crippen LogP contribution in [0.4, 0.5) is 0 Å². The molecule has 0 amide bonds. The number of phenolic OH excluding ortho intramolecular Hbond substituents is 5. The lowest BCUT2D eigenvalue weighted by molar-refractivity contribution is -0.339. The highest BCUT2D eigenvalue weighted by molar-refractivity contribution is 6.08. The van der Waals surface area contributed by atoms with Crippen LogP contribution in [0.1, 0.15) is 44.2 Å². The molecule has 3 aliphatic heterocycles. The normalized spacial score (nSPS) is 28.3. The summed E-state index contributed by atoms with van der Waals surface area (Å²) < 4.78 is 27.0. The van der Waals surface area contributed by atoms with Gasteiger partial charge in [0.1, 0.15) is 53.5 Å². The molecular formula is C35H30O19. The molecule has 2 bridgehead atoms. The molecule has 0 aromatic heterocycles. The molecule has 3 heterocycles. The van der Waals surface area contributed by atoms with Crippen LogP contribution in [0, 0.1) is 0 Å². The van der Waals surface area contributed by atoms with Crippen molar-refractivity contribution in [2.45, 2.75) is 61.0 Å². The summed E-state index contributed by atoms with van der Waals surface area (Å²) in [6.45, 7) is -0.937. The van der Waals surface area contributed by atoms with E-state index in [1.807, 2.05) is 0 Å². The zero-order chi connectivity index (χ0) is 39.0. The van der Waals surface area contributed by atoms with E-state index in [4.69, 9.17) is 23.7 Å². The first-order chi connectivity index (χ1) is 25.4. The molecule has 4 aliphatic rings. The zero-order valence-electron chi connectivity index (χ0n) is 27.4. The molecule has 19 nitrogen and oxygen atoms in total. The van der Waals surface area contributed by atoms with Crippen molar-refractivity contribution in [3.8, 4) is 40.2 Å². The maximum Gasteiger partial charge on any atom is 0.339 e. The SMILES string of the molecule is O=C1OCC2OC(Oc3cc(O)c(C(=O)CCc4ccc(O)cc4)c(O)c3)C(O)C(O)C2OC(=O)c2cc(O)c(O)c3c2C2C1=CC(=O)C(O)(O3)C2(O)O. The van der Waals surface area contributed by atoms with Crippen molar-refractivity contribution < 1.29 is 93.9 Å². The third-order valence-electron chi connectivity index (χ3n) is 9.54. The van der Waals surface area contributed by atoms with Crippen molar-refractivity contribution in [2.24, 2.45) is 0 Å². The molecule has 7 atom stereocenters. The zero-order valence-corrected chi connectivity index (χ0v) is 27.4. The molecule has 0 radical (unpaired) electrons. The van der Waals surface area contributed by atoms with Gasteiger partial charge in [0.15, 0.2) is 23.4 Å². The molecule has 7 rings (SSSR count). The molecule has 1 aliphatic carbocycles. The van der Waals surface area contributed by atoms with Crippen molar-refractivity contribution in [3.63, 3.8) is 0 Å². The molecule has 7 unspecified atom stereocenters. The fraction of sp³-hybridized carbons (Fsp3) is 0.314. The quantitative estimate of drug-likeness (QED) is 0.0624. The van der Waals surface area contributed by atoms with E-state index in [1.165, 1.54) is 12.1 Å². The van der Waals surface area contributed by atoms with Gasteiger partial charge in [-0.05, 0) is 36.3 Å². The van der Waals surface area contributed by atoms with E-state index in [9.17, 15) is 70.2 Å². The number of ether oxygens (including phenoxy) is 5. The topological polar surface area (TPSA) is 317 Å². The fourth-order valence-electron chi connectivity index (χ4n) is 6.76. The van der Waals surface area contributed by atoms with Crippen molar-refractivity contribution in [3.05, 3.63) is 76.4 Å². The Kier molecular flexibility index (Phi) is 8.67. The number of ketones is 2. The maximum atomic E-state index is 13.7. The highest BCUT2D eigenvalue weighted by Gasteiger charge is 2.70. The number of aliphatic hydroxyl groups is 5. The van der Waals surface area contributed by atoms with Gasteiger partial charge in [0.05, 0.1) is 17.1 Å². The van der Waals surface area contributed by atoms with E-state index >= 15 is 0 Å². The van der Waals surface area contributed by atoms with Crippen LogP contribution in [0.25, 0.3) is 0 Å². The number of hydrogen-bond donors (Lipinski definition) is 10. The minimum Gasteiger partial charge on any atom is -0.508 e. The lowest BCUT2D eigenvalue weighted by Gasteiger charge is -2.49. The molecular weight excluding hydrogens is 724 g/mol. The molecule has 1 saturated heterocycles. The van der Waals surface area contributed by atoms with Crippen LogP contribution in [0.15, 0.2) is 54.1 Å². The molecule has 1 fully saturated rings. The number of hydrogen-bond acceptors (Lipinski definition) is 19. The van der Waals surface area contributed by atoms with Crippen molar-refractivity contribution in [1.29, 1.82) is 0 Å². The molecule has 284 valence electrons. The molecule has 19 heteroatoms. The van der Waals surface area contributed by atoms with Crippen LogP contribution in [0.2, 0.25) is 0 Å². The Hall–Kier alpha value is -5.96. The Morgan fingerprint density at radius 2 is 1.54 bits per heavy atom. The summed E-state index contributed by atoms with van der Waals surface area (Å²) in [5.41, 5.74) is -2.17. The van der Waals surface area contributed by atoms with Crippen LogP contribution in [0.5, 0.6) is 40.2 Å². The highest BCUT2D eigenvalue weighted by atomic mass is 16.7. The number of carbonyl (C=O) groups is 4. The van der Waals surface area contributed by atoms with Gasteiger partial charge < -0.3 is 74.7 Å². The standard InChI is InChI=1S/C35H30O19/c36-13-4-1-12(2-5-13)3-6-17(37)24-18(38)7-14(8-19(24)39)51-33-28(44)27(43)29-21(52-33)11-50-31(45)16-10-22(41)35(49)34(47,48)25(16)23-15(32(46)53-29)9-20(40)26(42)30(23)54-35/h1-2,4-5,7-10,21,25,27-29,33,36,38-40,42-44,47-49H,3,6,11H2. The van der Waals surface area contributed by atoms with E-state index in [-0.39, 0.29) is 24.3 Å². The molecule has 3 aromatic rings. The number of phenols is 5. The maximum absolute atomic E-state index is 13.7. The largest absolute Gasteiger partial charge is 0.508 e. The number of aromatic hydroxyl groups is 5. The summed E-state index contributed by atoms with van der Waals surface area (Å²) in [4.78, 5) is 52.9. The number of benzene rings is 3. The number of aryl methyl sites for hydroxylation is 1. The first-order valence-corrected chi connectivity index (χ1v) is 16.1. The van der Waals surface area contributed by atoms with Gasteiger partial charge in [-0.2, -0.15) is 0 Å². The molecule has 3 aromatic carbocycles. The minimum absolute atomic E-state index is 0.0282. The second kappa shape index (κ2) is 12.9. The average Bonchev–Trinajstić information content (AvgIpc) is 3.12. The van der Waals surface area contributed by atoms with E-state index < -0.39 is 129 Å². The van der Waals surface area contributed by atoms with Crippen LogP contribution >= 0.6 is 0 Å². The van der Waals surface area contributed by atoms with Gasteiger partial charge in [-0.15, -0.1) is 0 Å². The number of cyclic esters (lactones) is 1. The van der Waals surface area contributed by atoms with Gasteiger partial charge in [-0.1, -0.05) is 12.1 Å². The number of rotatable bonds is 6. The predicted octanol–water partition coefficient (Wildman–Crippen LogP) is -1.01. The summed E-state index contributed by atoms with van der Waals surface area (Å²) in [5, 5.41) is 107. The lowest BCUT2D eigenvalue weighted by atomic mass is 9.70. The lowest BCUT2D eigenvalue weighted by Crippen LogP contribution is -2.70. The summed E-state index contributed by atoms with van der Waals surface area (Å²) in [6, 6.07) is 8.44. The van der Waals surface area contributed by atoms with Gasteiger partial charge in [-0.3, -0.25) is 9.59 Å². The van der Waals surface area contributed by atoms with Gasteiger partial charge in [0, 0.05) is 24.1 Å². The van der Waals surface area contributed by atoms with E-state index in [0.29, 0.717) is 17.7 Å². The van der Waals surface area contributed by atoms with Crippen LogP contribution < -0.4 is 9.47 Å². The van der Waals surface area contributed by atoms with Gasteiger partial charge >= 0.3 is 17.7 Å². The number of carbonyl (C=O) groups excluding carboxylic acids is 4. The fourth-order valence-corrected chi connectivity index (χ4v) is 6.76. The number of esters is 2. The molecule has 10 N–H and O–H groups in total. The van der Waals surface area contributed by atoms with Gasteiger partial charge in [0.2, 0.25) is 17.8 Å². The Morgan fingerprint density at radius 3 is 2.20 bits per heavy atom. The van der Waals surface area contributed by atoms with Crippen LogP contribution in [-0.4, -0.2) is 123 Å². The van der Waals surface area contributed by atoms with Crippen LogP contribution in [0.3, 0.4) is 0 Å². The van der Waals surface area contributed by atoms with Crippen LogP contribution in [-0.2, 0) is 30.2 Å². The number of aliphatic hydroxyl groups excluding tert-OH is 2. The Labute approximate surface area is 301 Å². The Bertz CT molecular complexity index is 2100. The second-order valence-electron chi connectivity index (χ2n) is 12.9. The van der Waals surface area contributed by atoms with Gasteiger partial charge in [0.25, 0.3) is 5.79 Å². The monoisotopic (exact) mass is 754 g/mol. The summed E-state index contributed by atoms with van der Waals surface area (Å²) in [7, 11) is 0. The minimum atomic E-state index is -3.69. The highest BCUT2D eigenvalue weighted by Crippen LogP contribution is 2.58. The summed E-state index contributed by atoms with van der Waals surface area (Å²) >= 11 is 0. The first kappa shape index (κ1) is 36.4. The number of Topliss-reactive ketones (excluding diaryl/α,β-unsaturated/α-hetero) is 1. The Balaban J connectivity index is 1.17. The average molecular weight is 755 g/mol. The summed E-state index contributed by atoms with van der Waals surface area (Å²) in [6.07, 6.45) is -9.20. The molecule has 54 heavy (non-hydrogen) atoms. The molecule has 0 saturated carbocycles. The van der Waals surface area contributed by atoms with E-state index in [2.05, 4.69) is 0 Å².